The maximum absolute atomic E-state index is 12.0. The average Bonchev–Trinajstić information content (AvgIpc) is 2.88. The van der Waals surface area contributed by atoms with E-state index < -0.39 is 0 Å². The first-order chi connectivity index (χ1) is 9.28. The minimum Gasteiger partial charge on any atom is -0.295 e. The molecule has 3 rings (SSSR count). The van der Waals surface area contributed by atoms with Crippen molar-refractivity contribution >= 4 is 16.3 Å². The van der Waals surface area contributed by atoms with Gasteiger partial charge in [-0.05, 0) is 25.8 Å². The van der Waals surface area contributed by atoms with Crippen LogP contribution in [0, 0.1) is 0 Å². The van der Waals surface area contributed by atoms with Crippen LogP contribution in [-0.4, -0.2) is 26.9 Å². The zero-order chi connectivity index (χ0) is 13.2. The first-order valence-corrected chi connectivity index (χ1v) is 7.85. The number of hydrogen-bond acceptors (Lipinski definition) is 4. The largest absolute Gasteiger partial charge is 0.295 e. The first kappa shape index (κ1) is 12.8. The molecule has 2 aromatic rings. The van der Waals surface area contributed by atoms with E-state index in [-0.39, 0.29) is 5.56 Å². The van der Waals surface area contributed by atoms with Crippen LogP contribution >= 0.6 is 11.3 Å². The van der Waals surface area contributed by atoms with E-state index in [1.807, 2.05) is 5.38 Å². The Morgan fingerprint density at radius 2 is 2.37 bits per heavy atom. The third-order valence-electron chi connectivity index (χ3n) is 3.94. The van der Waals surface area contributed by atoms with Gasteiger partial charge in [0, 0.05) is 30.2 Å². The summed E-state index contributed by atoms with van der Waals surface area (Å²) >= 11 is 1.52. The summed E-state index contributed by atoms with van der Waals surface area (Å²) in [5.41, 5.74) is 0.944. The molecule has 5 heteroatoms. The minimum absolute atomic E-state index is 0.0336. The van der Waals surface area contributed by atoms with Gasteiger partial charge in [0.2, 0.25) is 0 Å². The number of likely N-dealkylation sites (tertiary alicyclic amines) is 1. The Balaban J connectivity index is 1.85. The van der Waals surface area contributed by atoms with Crippen LogP contribution in [0.15, 0.2) is 22.4 Å². The molecule has 2 aromatic heterocycles. The van der Waals surface area contributed by atoms with Gasteiger partial charge in [-0.3, -0.25) is 14.1 Å². The van der Waals surface area contributed by atoms with Crippen molar-refractivity contribution < 1.29 is 0 Å². The normalized spacial score (nSPS) is 21.0. The number of piperidine rings is 1. The minimum atomic E-state index is 0.0336. The number of hydrogen-bond donors (Lipinski definition) is 0. The van der Waals surface area contributed by atoms with E-state index in [9.17, 15) is 4.79 Å². The second-order valence-electron chi connectivity index (χ2n) is 5.17. The smallest absolute Gasteiger partial charge is 0.258 e. The van der Waals surface area contributed by atoms with Gasteiger partial charge in [-0.25, -0.2) is 4.98 Å². The van der Waals surface area contributed by atoms with Crippen molar-refractivity contribution in [1.82, 2.24) is 14.3 Å². The lowest BCUT2D eigenvalue weighted by molar-refractivity contribution is 0.134. The lowest BCUT2D eigenvalue weighted by Crippen LogP contribution is -2.38. The summed E-state index contributed by atoms with van der Waals surface area (Å²) in [6.45, 7) is 4.18. The maximum Gasteiger partial charge on any atom is 0.258 e. The summed E-state index contributed by atoms with van der Waals surface area (Å²) in [5, 5.41) is 1.91. The Kier molecular flexibility index (Phi) is 3.66. The molecule has 4 nitrogen and oxygen atoms in total. The first-order valence-electron chi connectivity index (χ1n) is 6.98. The molecule has 1 atom stereocenters. The van der Waals surface area contributed by atoms with Crippen molar-refractivity contribution in [3.8, 4) is 0 Å². The van der Waals surface area contributed by atoms with Crippen LogP contribution in [0.4, 0.5) is 0 Å². The van der Waals surface area contributed by atoms with Crippen LogP contribution in [0.25, 0.3) is 4.96 Å². The molecule has 1 fully saturated rings. The fraction of sp³-hybridized carbons (Fsp3) is 0.571. The van der Waals surface area contributed by atoms with Crippen molar-refractivity contribution in [2.45, 2.75) is 45.2 Å². The number of fused-ring (bicyclic) bond motifs is 1. The number of thiazole rings is 1. The van der Waals surface area contributed by atoms with Crippen molar-refractivity contribution in [2.24, 2.45) is 0 Å². The predicted molar refractivity (Wildman–Crippen MR) is 77.7 cm³/mol. The molecule has 0 radical (unpaired) electrons. The van der Waals surface area contributed by atoms with Crippen molar-refractivity contribution in [3.05, 3.63) is 33.7 Å². The standard InChI is InChI=1S/C14H19N3OS/c1-2-12-5-3-4-6-16(12)10-11-9-13(18)17-7-8-19-14(17)15-11/h7-9,12H,2-6,10H2,1H3. The van der Waals surface area contributed by atoms with Crippen molar-refractivity contribution in [1.29, 1.82) is 0 Å². The van der Waals surface area contributed by atoms with E-state index in [4.69, 9.17) is 0 Å². The molecule has 19 heavy (non-hydrogen) atoms. The maximum atomic E-state index is 12.0. The van der Waals surface area contributed by atoms with Gasteiger partial charge in [0.15, 0.2) is 4.96 Å². The predicted octanol–water partition coefficient (Wildman–Crippen LogP) is 2.52. The van der Waals surface area contributed by atoms with Crippen LogP contribution < -0.4 is 5.56 Å². The summed E-state index contributed by atoms with van der Waals surface area (Å²) in [6.07, 6.45) is 6.83. The third-order valence-corrected chi connectivity index (χ3v) is 4.70. The molecule has 0 spiro atoms. The lowest BCUT2D eigenvalue weighted by Gasteiger charge is -2.34. The monoisotopic (exact) mass is 277 g/mol. The molecule has 0 bridgehead atoms. The quantitative estimate of drug-likeness (QED) is 0.865. The Labute approximate surface area is 116 Å². The van der Waals surface area contributed by atoms with E-state index >= 15 is 0 Å². The van der Waals surface area contributed by atoms with Gasteiger partial charge in [-0.15, -0.1) is 11.3 Å². The molecule has 1 aliphatic heterocycles. The molecule has 1 saturated heterocycles. The summed E-state index contributed by atoms with van der Waals surface area (Å²) in [4.78, 5) is 19.8. The van der Waals surface area contributed by atoms with Gasteiger partial charge >= 0.3 is 0 Å². The molecular weight excluding hydrogens is 258 g/mol. The van der Waals surface area contributed by atoms with E-state index in [2.05, 4.69) is 16.8 Å². The van der Waals surface area contributed by atoms with Gasteiger partial charge in [0.1, 0.15) is 0 Å². The number of rotatable bonds is 3. The highest BCUT2D eigenvalue weighted by molar-refractivity contribution is 7.15. The number of aromatic nitrogens is 2. The highest BCUT2D eigenvalue weighted by atomic mass is 32.1. The van der Waals surface area contributed by atoms with Crippen molar-refractivity contribution in [2.75, 3.05) is 6.54 Å². The van der Waals surface area contributed by atoms with Gasteiger partial charge in [0.25, 0.3) is 5.56 Å². The second-order valence-corrected chi connectivity index (χ2v) is 6.04. The highest BCUT2D eigenvalue weighted by Crippen LogP contribution is 2.21. The average molecular weight is 277 g/mol. The van der Waals surface area contributed by atoms with Crippen LogP contribution in [0.1, 0.15) is 38.3 Å². The van der Waals surface area contributed by atoms with E-state index in [1.54, 1.807) is 16.7 Å². The fourth-order valence-corrected chi connectivity index (χ4v) is 3.65. The molecule has 0 amide bonds. The highest BCUT2D eigenvalue weighted by Gasteiger charge is 2.21. The van der Waals surface area contributed by atoms with Crippen LogP contribution in [0.3, 0.4) is 0 Å². The Morgan fingerprint density at radius 3 is 3.21 bits per heavy atom. The van der Waals surface area contributed by atoms with E-state index in [1.165, 1.54) is 37.0 Å². The summed E-state index contributed by atoms with van der Waals surface area (Å²) < 4.78 is 1.61. The van der Waals surface area contributed by atoms with Gasteiger partial charge in [-0.2, -0.15) is 0 Å². The molecular formula is C14H19N3OS. The zero-order valence-corrected chi connectivity index (χ0v) is 12.0. The van der Waals surface area contributed by atoms with E-state index in [0.29, 0.717) is 6.04 Å². The molecule has 3 heterocycles. The molecule has 0 aromatic carbocycles. The molecule has 0 N–H and O–H groups in total. The van der Waals surface area contributed by atoms with Gasteiger partial charge < -0.3 is 0 Å². The van der Waals surface area contributed by atoms with Crippen molar-refractivity contribution in [3.63, 3.8) is 0 Å². The number of nitrogens with zero attached hydrogens (tertiary/aromatic N) is 3. The second kappa shape index (κ2) is 5.43. The molecule has 102 valence electrons. The molecule has 0 aliphatic carbocycles. The SMILES string of the molecule is CCC1CCCCN1Cc1cc(=O)n2ccsc2n1. The Bertz CT molecular complexity index is 618. The summed E-state index contributed by atoms with van der Waals surface area (Å²) in [6, 6.07) is 2.33. The van der Waals surface area contributed by atoms with Crippen LogP contribution in [-0.2, 0) is 6.54 Å². The van der Waals surface area contributed by atoms with Gasteiger partial charge in [0.05, 0.1) is 5.69 Å². The Hall–Kier alpha value is -1.20. The topological polar surface area (TPSA) is 37.6 Å². The lowest BCUT2D eigenvalue weighted by atomic mass is 10.00. The molecule has 1 unspecified atom stereocenters. The molecule has 0 saturated carbocycles. The summed E-state index contributed by atoms with van der Waals surface area (Å²) in [7, 11) is 0. The van der Waals surface area contributed by atoms with Gasteiger partial charge in [-0.1, -0.05) is 13.3 Å². The van der Waals surface area contributed by atoms with E-state index in [0.717, 1.165) is 23.7 Å². The van der Waals surface area contributed by atoms with Crippen LogP contribution in [0.2, 0.25) is 0 Å². The fourth-order valence-electron chi connectivity index (χ4n) is 2.91. The zero-order valence-electron chi connectivity index (χ0n) is 11.2. The van der Waals surface area contributed by atoms with Crippen LogP contribution in [0.5, 0.6) is 0 Å². The summed E-state index contributed by atoms with van der Waals surface area (Å²) in [5.74, 6) is 0. The Morgan fingerprint density at radius 1 is 1.47 bits per heavy atom. The third kappa shape index (κ3) is 2.58. The molecule has 1 aliphatic rings.